The van der Waals surface area contributed by atoms with Crippen molar-refractivity contribution in [1.82, 2.24) is 9.55 Å². The Kier molecular flexibility index (Phi) is 3.14. The molecule has 0 radical (unpaired) electrons. The molecule has 96 valence electrons. The maximum Gasteiger partial charge on any atom is 0.182 e. The monoisotopic (exact) mass is 388 g/mol. The molecule has 3 aromatic rings. The van der Waals surface area contributed by atoms with Gasteiger partial charge in [0.1, 0.15) is 11.6 Å². The van der Waals surface area contributed by atoms with Gasteiger partial charge in [0.2, 0.25) is 0 Å². The third-order valence-corrected chi connectivity index (χ3v) is 3.90. The fraction of sp³-hybridized carbons (Fsp3) is 0. The molecule has 19 heavy (non-hydrogen) atoms. The van der Waals surface area contributed by atoms with Crippen LogP contribution in [0.3, 0.4) is 0 Å². The van der Waals surface area contributed by atoms with Crippen LogP contribution >= 0.6 is 34.8 Å². The largest absolute Gasteiger partial charge is 0.330 e. The van der Waals surface area contributed by atoms with Crippen molar-refractivity contribution in [2.24, 2.45) is 0 Å². The van der Waals surface area contributed by atoms with E-state index in [9.17, 15) is 8.78 Å². The Morgan fingerprint density at radius 1 is 1.16 bits per heavy atom. The number of imidazole rings is 1. The van der Waals surface area contributed by atoms with Gasteiger partial charge < -0.3 is 4.98 Å². The lowest BCUT2D eigenvalue weighted by Crippen LogP contribution is -1.95. The quantitative estimate of drug-likeness (QED) is 0.479. The zero-order chi connectivity index (χ0) is 13.6. The average molecular weight is 388 g/mol. The molecule has 0 saturated carbocycles. The lowest BCUT2D eigenvalue weighted by Gasteiger charge is -2.05. The first-order valence-electron chi connectivity index (χ1n) is 5.42. The van der Waals surface area contributed by atoms with Gasteiger partial charge in [-0.05, 0) is 59.1 Å². The summed E-state index contributed by atoms with van der Waals surface area (Å²) in [4.78, 5) is 3.00. The third kappa shape index (κ3) is 2.18. The molecular formula is C13H7F2IN2S. The first-order chi connectivity index (χ1) is 9.06. The van der Waals surface area contributed by atoms with E-state index in [4.69, 9.17) is 12.2 Å². The zero-order valence-electron chi connectivity index (χ0n) is 9.45. The number of hydrogen-bond donors (Lipinski definition) is 1. The number of fused-ring (bicyclic) bond motifs is 1. The summed E-state index contributed by atoms with van der Waals surface area (Å²) in [5.74, 6) is -0.688. The highest BCUT2D eigenvalue weighted by atomic mass is 127. The van der Waals surface area contributed by atoms with Crippen molar-refractivity contribution in [3.05, 3.63) is 56.4 Å². The third-order valence-electron chi connectivity index (χ3n) is 2.79. The highest BCUT2D eigenvalue weighted by molar-refractivity contribution is 14.1. The molecule has 3 rings (SSSR count). The number of halogens is 3. The normalized spacial score (nSPS) is 11.1. The molecule has 2 nitrogen and oxygen atoms in total. The van der Waals surface area contributed by atoms with Crippen molar-refractivity contribution in [3.8, 4) is 5.69 Å². The Bertz CT molecular complexity index is 838. The van der Waals surface area contributed by atoms with Crippen LogP contribution in [-0.4, -0.2) is 9.55 Å². The average Bonchev–Trinajstić information content (AvgIpc) is 2.65. The minimum absolute atomic E-state index is 0.327. The summed E-state index contributed by atoms with van der Waals surface area (Å²) in [7, 11) is 0. The summed E-state index contributed by atoms with van der Waals surface area (Å²) < 4.78 is 29.5. The molecule has 0 aliphatic carbocycles. The molecule has 0 atom stereocenters. The van der Waals surface area contributed by atoms with Crippen LogP contribution in [0.5, 0.6) is 0 Å². The fourth-order valence-electron chi connectivity index (χ4n) is 1.97. The maximum atomic E-state index is 13.7. The van der Waals surface area contributed by atoms with Crippen molar-refractivity contribution in [3.63, 3.8) is 0 Å². The molecule has 0 spiro atoms. The molecule has 6 heteroatoms. The molecule has 2 aromatic carbocycles. The van der Waals surface area contributed by atoms with E-state index < -0.39 is 0 Å². The summed E-state index contributed by atoms with van der Waals surface area (Å²) in [6.07, 6.45) is 0. The van der Waals surface area contributed by atoms with Crippen molar-refractivity contribution < 1.29 is 8.78 Å². The first kappa shape index (κ1) is 12.7. The molecule has 0 aliphatic rings. The van der Waals surface area contributed by atoms with Gasteiger partial charge in [0.25, 0.3) is 0 Å². The number of hydrogen-bond acceptors (Lipinski definition) is 1. The van der Waals surface area contributed by atoms with Gasteiger partial charge in [-0.2, -0.15) is 0 Å². The van der Waals surface area contributed by atoms with E-state index in [1.54, 1.807) is 22.8 Å². The SMILES string of the molecule is Fc1cccc(-n2c(=S)[nH]c3cc(I)c(F)cc32)c1. The van der Waals surface area contributed by atoms with Crippen molar-refractivity contribution in [2.75, 3.05) is 0 Å². The summed E-state index contributed by atoms with van der Waals surface area (Å²) in [6, 6.07) is 9.10. The summed E-state index contributed by atoms with van der Waals surface area (Å²) in [5, 5.41) is 0. The van der Waals surface area contributed by atoms with Gasteiger partial charge in [-0.25, -0.2) is 8.78 Å². The molecule has 0 fully saturated rings. The van der Waals surface area contributed by atoms with E-state index in [-0.39, 0.29) is 11.6 Å². The second-order valence-electron chi connectivity index (χ2n) is 4.03. The van der Waals surface area contributed by atoms with Crippen molar-refractivity contribution in [1.29, 1.82) is 0 Å². The van der Waals surface area contributed by atoms with Gasteiger partial charge in [0.05, 0.1) is 20.3 Å². The predicted molar refractivity (Wildman–Crippen MR) is 81.1 cm³/mol. The summed E-state index contributed by atoms with van der Waals surface area (Å²) >= 11 is 7.14. The Morgan fingerprint density at radius 2 is 1.95 bits per heavy atom. The fourth-order valence-corrected chi connectivity index (χ4v) is 2.75. The van der Waals surface area contributed by atoms with E-state index >= 15 is 0 Å². The Labute approximate surface area is 126 Å². The van der Waals surface area contributed by atoms with Crippen LogP contribution in [0.1, 0.15) is 0 Å². The zero-order valence-corrected chi connectivity index (χ0v) is 12.4. The lowest BCUT2D eigenvalue weighted by atomic mass is 10.2. The van der Waals surface area contributed by atoms with Crippen LogP contribution in [0.4, 0.5) is 8.78 Å². The second kappa shape index (κ2) is 4.68. The molecular weight excluding hydrogens is 381 g/mol. The minimum Gasteiger partial charge on any atom is -0.330 e. The van der Waals surface area contributed by atoms with E-state index in [0.717, 1.165) is 5.52 Å². The standard InChI is InChI=1S/C13H7F2IN2S/c14-7-2-1-3-8(4-7)18-12-5-9(15)10(16)6-11(12)17-13(18)19/h1-6H,(H,17,19). The summed E-state index contributed by atoms with van der Waals surface area (Å²) in [6.45, 7) is 0. The molecule has 0 saturated heterocycles. The Hall–Kier alpha value is -1.28. The molecule has 1 heterocycles. The van der Waals surface area contributed by atoms with Gasteiger partial charge in [-0.3, -0.25) is 4.57 Å². The van der Waals surface area contributed by atoms with Crippen LogP contribution in [-0.2, 0) is 0 Å². The van der Waals surface area contributed by atoms with Crippen molar-refractivity contribution >= 4 is 45.8 Å². The molecule has 0 bridgehead atoms. The van der Waals surface area contributed by atoms with Gasteiger partial charge in [-0.15, -0.1) is 0 Å². The number of nitrogens with zero attached hydrogens (tertiary/aromatic N) is 1. The number of benzene rings is 2. The molecule has 0 aliphatic heterocycles. The number of aromatic amines is 1. The molecule has 1 N–H and O–H groups in total. The van der Waals surface area contributed by atoms with E-state index in [1.165, 1.54) is 18.2 Å². The van der Waals surface area contributed by atoms with Gasteiger partial charge in [0, 0.05) is 6.07 Å². The topological polar surface area (TPSA) is 20.7 Å². The first-order valence-corrected chi connectivity index (χ1v) is 6.90. The van der Waals surface area contributed by atoms with Gasteiger partial charge in [0.15, 0.2) is 4.77 Å². The molecule has 0 unspecified atom stereocenters. The Balaban J connectivity index is 2.38. The van der Waals surface area contributed by atoms with Crippen LogP contribution in [0.2, 0.25) is 0 Å². The van der Waals surface area contributed by atoms with E-state index in [2.05, 4.69) is 4.98 Å². The van der Waals surface area contributed by atoms with Crippen LogP contribution < -0.4 is 0 Å². The smallest absolute Gasteiger partial charge is 0.182 e. The second-order valence-corrected chi connectivity index (χ2v) is 5.58. The van der Waals surface area contributed by atoms with Crippen molar-refractivity contribution in [2.45, 2.75) is 0 Å². The van der Waals surface area contributed by atoms with E-state index in [0.29, 0.717) is 19.5 Å². The van der Waals surface area contributed by atoms with Gasteiger partial charge in [-0.1, -0.05) is 6.07 Å². The predicted octanol–water partition coefficient (Wildman–Crippen LogP) is 4.57. The number of aromatic nitrogens is 2. The molecule has 0 amide bonds. The van der Waals surface area contributed by atoms with Crippen LogP contribution in [0.25, 0.3) is 16.7 Å². The molecule has 1 aromatic heterocycles. The number of H-pyrrole nitrogens is 1. The van der Waals surface area contributed by atoms with Gasteiger partial charge >= 0.3 is 0 Å². The van der Waals surface area contributed by atoms with E-state index in [1.807, 2.05) is 22.6 Å². The highest BCUT2D eigenvalue weighted by Crippen LogP contribution is 2.24. The number of nitrogens with one attached hydrogen (secondary N) is 1. The van der Waals surface area contributed by atoms with Crippen LogP contribution in [0, 0.1) is 20.0 Å². The number of rotatable bonds is 1. The maximum absolute atomic E-state index is 13.7. The lowest BCUT2D eigenvalue weighted by molar-refractivity contribution is 0.621. The minimum atomic E-state index is -0.361. The Morgan fingerprint density at radius 3 is 2.68 bits per heavy atom. The summed E-state index contributed by atoms with van der Waals surface area (Å²) in [5.41, 5.74) is 1.88. The highest BCUT2D eigenvalue weighted by Gasteiger charge is 2.10. The van der Waals surface area contributed by atoms with Crippen LogP contribution in [0.15, 0.2) is 36.4 Å².